The third-order valence-electron chi connectivity index (χ3n) is 2.45. The zero-order valence-electron chi connectivity index (χ0n) is 11.5. The number of nitrogens with one attached hydrogen (secondary N) is 1. The highest BCUT2D eigenvalue weighted by Gasteiger charge is 2.33. The number of anilines is 1. The first-order valence-electron chi connectivity index (χ1n) is 6.07. The third-order valence-corrected chi connectivity index (χ3v) is 2.70. The topological polar surface area (TPSA) is 68.5 Å². The van der Waals surface area contributed by atoms with Crippen molar-refractivity contribution in [3.05, 3.63) is 29.3 Å². The highest BCUT2D eigenvalue weighted by molar-refractivity contribution is 6.30. The Kier molecular flexibility index (Phi) is 6.19. The van der Waals surface area contributed by atoms with Crippen LogP contribution in [0.15, 0.2) is 29.4 Å². The fraction of sp³-hybridized carbons (Fsp3) is 0.308. The van der Waals surface area contributed by atoms with Crippen LogP contribution in [0.1, 0.15) is 13.3 Å². The summed E-state index contributed by atoms with van der Waals surface area (Å²) in [4.78, 5) is 12.0. The van der Waals surface area contributed by atoms with Gasteiger partial charge in [0.1, 0.15) is 5.71 Å². The Labute approximate surface area is 130 Å². The van der Waals surface area contributed by atoms with Gasteiger partial charge < -0.3 is 5.32 Å². The van der Waals surface area contributed by atoms with Crippen molar-refractivity contribution in [3.8, 4) is 6.07 Å². The average Bonchev–Trinajstić information content (AvgIpc) is 2.44. The molecule has 0 aliphatic carbocycles. The molecule has 1 aromatic carbocycles. The number of hydrazone groups is 1. The van der Waals surface area contributed by atoms with E-state index in [0.717, 1.165) is 6.92 Å². The maximum absolute atomic E-state index is 12.5. The van der Waals surface area contributed by atoms with Crippen LogP contribution in [0.4, 0.5) is 23.7 Å². The first-order chi connectivity index (χ1) is 10.2. The van der Waals surface area contributed by atoms with Gasteiger partial charge >= 0.3 is 12.2 Å². The average molecular weight is 333 g/mol. The van der Waals surface area contributed by atoms with Crippen molar-refractivity contribution in [2.24, 2.45) is 5.10 Å². The SMILES string of the molecule is C/C(=N\N(CCC#N)C(=O)Nc1ccc(Cl)cc1)C(F)(F)F. The molecule has 0 fully saturated rings. The number of hydrogen-bond acceptors (Lipinski definition) is 3. The summed E-state index contributed by atoms with van der Waals surface area (Å²) in [6.45, 7) is 0.484. The lowest BCUT2D eigenvalue weighted by Gasteiger charge is -2.18. The predicted octanol–water partition coefficient (Wildman–Crippen LogP) is 4.03. The number of nitrogens with zero attached hydrogens (tertiary/aromatic N) is 3. The van der Waals surface area contributed by atoms with E-state index in [2.05, 4.69) is 10.4 Å². The van der Waals surface area contributed by atoms with Crippen LogP contribution in [0.25, 0.3) is 0 Å². The lowest BCUT2D eigenvalue weighted by atomic mass is 10.3. The Bertz CT molecular complexity index is 593. The molecular formula is C13H12ClF3N4O. The van der Waals surface area contributed by atoms with Gasteiger partial charge in [-0.05, 0) is 31.2 Å². The maximum Gasteiger partial charge on any atom is 0.430 e. The Morgan fingerprint density at radius 2 is 2.00 bits per heavy atom. The van der Waals surface area contributed by atoms with E-state index in [0.29, 0.717) is 15.7 Å². The van der Waals surface area contributed by atoms with Crippen molar-refractivity contribution in [3.63, 3.8) is 0 Å². The molecule has 0 saturated carbocycles. The van der Waals surface area contributed by atoms with Gasteiger partial charge in [0.2, 0.25) is 0 Å². The van der Waals surface area contributed by atoms with Crippen LogP contribution < -0.4 is 5.32 Å². The molecule has 0 aliphatic rings. The molecule has 1 rings (SSSR count). The summed E-state index contributed by atoms with van der Waals surface area (Å²) in [5, 5.41) is 15.2. The maximum atomic E-state index is 12.5. The number of urea groups is 1. The number of alkyl halides is 3. The number of halogens is 4. The van der Waals surface area contributed by atoms with E-state index in [1.54, 1.807) is 6.07 Å². The van der Waals surface area contributed by atoms with E-state index in [-0.39, 0.29) is 13.0 Å². The second kappa shape index (κ2) is 7.66. The van der Waals surface area contributed by atoms with Gasteiger partial charge in [0.15, 0.2) is 0 Å². The fourth-order valence-electron chi connectivity index (χ4n) is 1.31. The minimum Gasteiger partial charge on any atom is -0.306 e. The molecule has 0 heterocycles. The fourth-order valence-corrected chi connectivity index (χ4v) is 1.44. The summed E-state index contributed by atoms with van der Waals surface area (Å²) in [7, 11) is 0. The molecule has 0 bridgehead atoms. The van der Waals surface area contributed by atoms with E-state index in [4.69, 9.17) is 16.9 Å². The first kappa shape index (κ1) is 17.8. The summed E-state index contributed by atoms with van der Waals surface area (Å²) in [5.41, 5.74) is -0.840. The van der Waals surface area contributed by atoms with Crippen LogP contribution in [0.5, 0.6) is 0 Å². The number of amides is 2. The number of benzene rings is 1. The standard InChI is InChI=1S/C13H12ClF3N4O/c1-9(13(15,16)17)20-21(8-2-7-18)12(22)19-11-5-3-10(14)4-6-11/h3-6H,2,8H2,1H3,(H,19,22)/b20-9+. The molecule has 22 heavy (non-hydrogen) atoms. The minimum atomic E-state index is -4.65. The Morgan fingerprint density at radius 1 is 1.41 bits per heavy atom. The molecule has 0 atom stereocenters. The van der Waals surface area contributed by atoms with E-state index in [1.807, 2.05) is 0 Å². The van der Waals surface area contributed by atoms with Gasteiger partial charge in [-0.1, -0.05) is 11.6 Å². The third kappa shape index (κ3) is 5.61. The van der Waals surface area contributed by atoms with Crippen LogP contribution in [-0.2, 0) is 0 Å². The van der Waals surface area contributed by atoms with Gasteiger partial charge in [0.05, 0.1) is 19.0 Å². The number of carbonyl (C=O) groups excluding carboxylic acids is 1. The van der Waals surface area contributed by atoms with Crippen LogP contribution >= 0.6 is 11.6 Å². The lowest BCUT2D eigenvalue weighted by molar-refractivity contribution is -0.0603. The molecule has 1 aromatic rings. The highest BCUT2D eigenvalue weighted by Crippen LogP contribution is 2.18. The van der Waals surface area contributed by atoms with Gasteiger partial charge in [-0.15, -0.1) is 0 Å². The van der Waals surface area contributed by atoms with Crippen LogP contribution in [0.2, 0.25) is 5.02 Å². The van der Waals surface area contributed by atoms with Crippen LogP contribution in [-0.4, -0.2) is 29.5 Å². The number of carbonyl (C=O) groups is 1. The molecule has 2 amide bonds. The zero-order valence-corrected chi connectivity index (χ0v) is 12.2. The molecule has 0 aromatic heterocycles. The summed E-state index contributed by atoms with van der Waals surface area (Å²) >= 11 is 5.69. The molecule has 0 radical (unpaired) electrons. The zero-order chi connectivity index (χ0) is 16.8. The smallest absolute Gasteiger partial charge is 0.306 e. The molecule has 5 nitrogen and oxygen atoms in total. The summed E-state index contributed by atoms with van der Waals surface area (Å²) < 4.78 is 37.5. The monoisotopic (exact) mass is 332 g/mol. The van der Waals surface area contributed by atoms with Crippen molar-refractivity contribution in [2.45, 2.75) is 19.5 Å². The molecule has 0 spiro atoms. The Balaban J connectivity index is 2.89. The molecule has 0 saturated heterocycles. The number of hydrogen-bond donors (Lipinski definition) is 1. The van der Waals surface area contributed by atoms with Crippen LogP contribution in [0, 0.1) is 11.3 Å². The molecule has 0 unspecified atom stereocenters. The van der Waals surface area contributed by atoms with Crippen molar-refractivity contribution < 1.29 is 18.0 Å². The van der Waals surface area contributed by atoms with Crippen molar-refractivity contribution in [1.82, 2.24) is 5.01 Å². The van der Waals surface area contributed by atoms with E-state index in [1.165, 1.54) is 24.3 Å². The van der Waals surface area contributed by atoms with Gasteiger partial charge in [-0.3, -0.25) is 0 Å². The van der Waals surface area contributed by atoms with Crippen molar-refractivity contribution >= 4 is 29.0 Å². The van der Waals surface area contributed by atoms with Gasteiger partial charge in [0.25, 0.3) is 0 Å². The molecule has 1 N–H and O–H groups in total. The lowest BCUT2D eigenvalue weighted by Crippen LogP contribution is -2.34. The number of nitriles is 1. The normalized spacial score (nSPS) is 11.7. The summed E-state index contributed by atoms with van der Waals surface area (Å²) in [6.07, 6.45) is -4.80. The van der Waals surface area contributed by atoms with E-state index < -0.39 is 17.9 Å². The molecular weight excluding hydrogens is 321 g/mol. The van der Waals surface area contributed by atoms with Gasteiger partial charge in [0, 0.05) is 10.7 Å². The minimum absolute atomic E-state index is 0.150. The van der Waals surface area contributed by atoms with E-state index in [9.17, 15) is 18.0 Å². The summed E-state index contributed by atoms with van der Waals surface area (Å²) in [5.74, 6) is 0. The van der Waals surface area contributed by atoms with E-state index >= 15 is 0 Å². The van der Waals surface area contributed by atoms with Crippen molar-refractivity contribution in [1.29, 1.82) is 5.26 Å². The van der Waals surface area contributed by atoms with Crippen molar-refractivity contribution in [2.75, 3.05) is 11.9 Å². The summed E-state index contributed by atoms with van der Waals surface area (Å²) in [6, 6.07) is 6.88. The molecule has 118 valence electrons. The van der Waals surface area contributed by atoms with Crippen LogP contribution in [0.3, 0.4) is 0 Å². The second-order valence-electron chi connectivity index (χ2n) is 4.15. The predicted molar refractivity (Wildman–Crippen MR) is 76.6 cm³/mol. The Morgan fingerprint density at radius 3 is 2.50 bits per heavy atom. The molecule has 0 aliphatic heterocycles. The number of rotatable bonds is 4. The largest absolute Gasteiger partial charge is 0.430 e. The first-order valence-corrected chi connectivity index (χ1v) is 6.45. The highest BCUT2D eigenvalue weighted by atomic mass is 35.5. The molecule has 9 heteroatoms. The van der Waals surface area contributed by atoms with Gasteiger partial charge in [-0.25, -0.2) is 9.80 Å². The quantitative estimate of drug-likeness (QED) is 0.668. The Hall–Kier alpha value is -2.27. The van der Waals surface area contributed by atoms with Gasteiger partial charge in [-0.2, -0.15) is 23.5 Å². The second-order valence-corrected chi connectivity index (χ2v) is 4.59.